The number of aromatic nitrogens is 1. The molecule has 0 aliphatic rings. The van der Waals surface area contributed by atoms with Crippen molar-refractivity contribution >= 4 is 13.3 Å². The van der Waals surface area contributed by atoms with Gasteiger partial charge < -0.3 is 0 Å². The highest BCUT2D eigenvalue weighted by atomic mass is 19.1. The van der Waals surface area contributed by atoms with Crippen LogP contribution in [0.3, 0.4) is 0 Å². The number of hydrogen-bond acceptors (Lipinski definition) is 3. The predicted molar refractivity (Wildman–Crippen MR) is 80.2 cm³/mol. The van der Waals surface area contributed by atoms with Gasteiger partial charge in [0.25, 0.3) is 5.91 Å². The van der Waals surface area contributed by atoms with Crippen LogP contribution in [0.15, 0.2) is 48.8 Å². The number of amides is 1. The number of benzene rings is 1. The van der Waals surface area contributed by atoms with Crippen molar-refractivity contribution in [2.45, 2.75) is 13.0 Å². The second-order valence-electron chi connectivity index (χ2n) is 4.76. The summed E-state index contributed by atoms with van der Waals surface area (Å²) in [5.74, 6) is 1.36. The van der Waals surface area contributed by atoms with Gasteiger partial charge in [0, 0.05) is 17.7 Å². The van der Waals surface area contributed by atoms with Crippen LogP contribution in [-0.4, -0.2) is 13.3 Å². The van der Waals surface area contributed by atoms with Crippen LogP contribution in [0.1, 0.15) is 28.9 Å². The Balaban J connectivity index is 1.95. The summed E-state index contributed by atoms with van der Waals surface area (Å²) in [7, 11) is 0.227. The van der Waals surface area contributed by atoms with Crippen molar-refractivity contribution in [3.63, 3.8) is 0 Å². The van der Waals surface area contributed by atoms with Gasteiger partial charge in [-0.3, -0.25) is 14.7 Å². The average molecular weight is 297 g/mol. The lowest BCUT2D eigenvalue weighted by atomic mass is 9.98. The molecule has 0 aliphatic carbocycles. The third kappa shape index (κ3) is 3.90. The largest absolute Gasteiger partial charge is 0.587 e. The summed E-state index contributed by atoms with van der Waals surface area (Å²) in [5.41, 5.74) is 6.25. The number of nitriles is 1. The third-order valence-electron chi connectivity index (χ3n) is 3.18. The van der Waals surface area contributed by atoms with Crippen LogP contribution in [0.25, 0.3) is 0 Å². The van der Waals surface area contributed by atoms with Crippen molar-refractivity contribution in [1.29, 1.82) is 5.26 Å². The SMILES string of the molecule is CC(NNC(=O)c1cc[n+](BC#N)cc1)c1ccccc1F. The van der Waals surface area contributed by atoms with Crippen LogP contribution in [0.4, 0.5) is 4.39 Å². The Labute approximate surface area is 128 Å². The zero-order valence-corrected chi connectivity index (χ0v) is 12.1. The molecule has 0 saturated carbocycles. The van der Waals surface area contributed by atoms with Crippen molar-refractivity contribution < 1.29 is 13.7 Å². The van der Waals surface area contributed by atoms with E-state index in [0.717, 1.165) is 0 Å². The molecule has 0 spiro atoms. The summed E-state index contributed by atoms with van der Waals surface area (Å²) < 4.78 is 15.3. The van der Waals surface area contributed by atoms with Gasteiger partial charge in [-0.15, -0.1) is 0 Å². The molecule has 1 heterocycles. The van der Waals surface area contributed by atoms with Crippen molar-refractivity contribution in [3.8, 4) is 5.97 Å². The van der Waals surface area contributed by atoms with Gasteiger partial charge in [-0.1, -0.05) is 18.2 Å². The van der Waals surface area contributed by atoms with Gasteiger partial charge in [-0.2, -0.15) is 0 Å². The predicted octanol–water partition coefficient (Wildman–Crippen LogP) is 0.789. The third-order valence-corrected chi connectivity index (χ3v) is 3.18. The fourth-order valence-corrected chi connectivity index (χ4v) is 1.95. The van der Waals surface area contributed by atoms with Crippen molar-refractivity contribution in [1.82, 2.24) is 10.9 Å². The number of pyridine rings is 1. The summed E-state index contributed by atoms with van der Waals surface area (Å²) in [4.78, 5) is 12.0. The molecule has 1 unspecified atom stereocenters. The van der Waals surface area contributed by atoms with E-state index in [-0.39, 0.29) is 25.2 Å². The van der Waals surface area contributed by atoms with E-state index in [0.29, 0.717) is 11.1 Å². The van der Waals surface area contributed by atoms with E-state index in [4.69, 9.17) is 5.26 Å². The second-order valence-corrected chi connectivity index (χ2v) is 4.76. The molecule has 2 aromatic rings. The number of nitrogens with zero attached hydrogens (tertiary/aromatic N) is 2. The number of rotatable bonds is 5. The highest BCUT2D eigenvalue weighted by Crippen LogP contribution is 2.15. The molecular formula is C15H15BFN4O+. The highest BCUT2D eigenvalue weighted by Gasteiger charge is 2.13. The lowest BCUT2D eigenvalue weighted by Gasteiger charge is -2.15. The fraction of sp³-hybridized carbons (Fsp3) is 0.133. The Morgan fingerprint density at radius 3 is 2.64 bits per heavy atom. The van der Waals surface area contributed by atoms with Crippen molar-refractivity contribution in [2.24, 2.45) is 0 Å². The first-order valence-corrected chi connectivity index (χ1v) is 6.78. The minimum atomic E-state index is -0.364. The molecule has 0 aliphatic heterocycles. The van der Waals surface area contributed by atoms with Gasteiger partial charge in [-0.05, 0) is 13.0 Å². The smallest absolute Gasteiger partial charge is 0.287 e. The quantitative estimate of drug-likeness (QED) is 0.633. The van der Waals surface area contributed by atoms with Gasteiger partial charge in [-0.25, -0.2) is 15.1 Å². The van der Waals surface area contributed by atoms with Crippen LogP contribution < -0.4 is 15.3 Å². The second kappa shape index (κ2) is 7.34. The summed E-state index contributed by atoms with van der Waals surface area (Å²) in [6.07, 6.45) is 3.30. The fourth-order valence-electron chi connectivity index (χ4n) is 1.95. The van der Waals surface area contributed by atoms with Gasteiger partial charge in [0.1, 0.15) is 18.2 Å². The molecule has 2 rings (SSSR count). The van der Waals surface area contributed by atoms with E-state index < -0.39 is 0 Å². The Hall–Kier alpha value is -2.72. The molecule has 7 heteroatoms. The first-order chi connectivity index (χ1) is 10.6. The van der Waals surface area contributed by atoms with Gasteiger partial charge in [0.2, 0.25) is 0 Å². The number of hydrazine groups is 1. The van der Waals surface area contributed by atoms with Gasteiger partial charge in [0.05, 0.1) is 17.6 Å². The first-order valence-electron chi connectivity index (χ1n) is 6.78. The van der Waals surface area contributed by atoms with Crippen molar-refractivity contribution in [3.05, 3.63) is 65.7 Å². The number of halogens is 1. The normalized spacial score (nSPS) is 11.3. The minimum Gasteiger partial charge on any atom is -0.287 e. The number of hydrogen-bond donors (Lipinski definition) is 2. The van der Waals surface area contributed by atoms with Crippen LogP contribution in [0.2, 0.25) is 0 Å². The molecule has 5 nitrogen and oxygen atoms in total. The van der Waals surface area contributed by atoms with E-state index in [9.17, 15) is 9.18 Å². The van der Waals surface area contributed by atoms with E-state index in [1.54, 1.807) is 54.1 Å². The average Bonchev–Trinajstić information content (AvgIpc) is 2.54. The Morgan fingerprint density at radius 2 is 2.00 bits per heavy atom. The standard InChI is InChI=1S/C15H14BFN4O/c1-11(13-4-2-3-5-14(13)17)19-20-15(22)12-6-8-21(9-7-12)16-10-18/h2-9,11,16,22H,1H3/p+1. The zero-order valence-electron chi connectivity index (χ0n) is 12.1. The Bertz CT molecular complexity index is 699. The summed E-state index contributed by atoms with van der Waals surface area (Å²) >= 11 is 0. The Morgan fingerprint density at radius 1 is 1.32 bits per heavy atom. The summed E-state index contributed by atoms with van der Waals surface area (Å²) in [6.45, 7) is 1.75. The molecule has 0 fully saturated rings. The molecule has 1 amide bonds. The van der Waals surface area contributed by atoms with E-state index in [1.165, 1.54) is 6.07 Å². The van der Waals surface area contributed by atoms with E-state index >= 15 is 0 Å². The highest BCUT2D eigenvalue weighted by molar-refractivity contribution is 6.35. The molecule has 110 valence electrons. The maximum atomic E-state index is 13.6. The minimum absolute atomic E-state index is 0.227. The molecule has 1 aromatic heterocycles. The number of carbonyl (C=O) groups excluding carboxylic acids is 1. The topological polar surface area (TPSA) is 68.8 Å². The maximum Gasteiger partial charge on any atom is 0.587 e. The molecule has 1 atom stereocenters. The molecule has 1 aromatic carbocycles. The monoisotopic (exact) mass is 297 g/mol. The Kier molecular flexibility index (Phi) is 5.23. The molecule has 0 saturated heterocycles. The van der Waals surface area contributed by atoms with E-state index in [1.807, 2.05) is 5.97 Å². The summed E-state index contributed by atoms with van der Waals surface area (Å²) in [6, 6.07) is 9.25. The van der Waals surface area contributed by atoms with Crippen LogP contribution in [0, 0.1) is 17.0 Å². The molecular weight excluding hydrogens is 282 g/mol. The number of carbonyl (C=O) groups is 1. The molecule has 2 N–H and O–H groups in total. The molecule has 22 heavy (non-hydrogen) atoms. The lowest BCUT2D eigenvalue weighted by molar-refractivity contribution is -0.527. The van der Waals surface area contributed by atoms with Crippen LogP contribution in [0.5, 0.6) is 0 Å². The molecule has 0 radical (unpaired) electrons. The van der Waals surface area contributed by atoms with Gasteiger partial charge >= 0.3 is 7.41 Å². The van der Waals surface area contributed by atoms with E-state index in [2.05, 4.69) is 10.9 Å². The number of nitrogens with one attached hydrogen (secondary N) is 2. The zero-order chi connectivity index (χ0) is 15.9. The lowest BCUT2D eigenvalue weighted by Crippen LogP contribution is -2.41. The van der Waals surface area contributed by atoms with Gasteiger partial charge in [0.15, 0.2) is 0 Å². The summed E-state index contributed by atoms with van der Waals surface area (Å²) in [5, 5.41) is 8.58. The molecule has 0 bridgehead atoms. The van der Waals surface area contributed by atoms with Crippen LogP contribution >= 0.6 is 0 Å². The van der Waals surface area contributed by atoms with Crippen molar-refractivity contribution in [2.75, 3.05) is 0 Å². The first kappa shape index (κ1) is 15.7. The maximum absolute atomic E-state index is 13.6. The van der Waals surface area contributed by atoms with Crippen LogP contribution in [-0.2, 0) is 0 Å².